The molecule has 2 fully saturated rings. The monoisotopic (exact) mass is 197 g/mol. The molecule has 2 nitrogen and oxygen atoms in total. The van der Waals surface area contributed by atoms with Crippen molar-refractivity contribution in [2.75, 3.05) is 19.7 Å². The number of ether oxygens (including phenoxy) is 1. The second-order valence-electron chi connectivity index (χ2n) is 5.70. The first-order valence-corrected chi connectivity index (χ1v) is 5.90. The smallest absolute Gasteiger partial charge is 0.0938 e. The molecule has 0 aromatic heterocycles. The van der Waals surface area contributed by atoms with E-state index in [4.69, 9.17) is 4.74 Å². The third-order valence-electron chi connectivity index (χ3n) is 3.89. The molecule has 0 N–H and O–H groups in total. The van der Waals surface area contributed by atoms with Gasteiger partial charge in [0.2, 0.25) is 0 Å². The summed E-state index contributed by atoms with van der Waals surface area (Å²) >= 11 is 0. The summed E-state index contributed by atoms with van der Waals surface area (Å²) < 4.78 is 5.99. The molecule has 2 heterocycles. The van der Waals surface area contributed by atoms with E-state index in [1.807, 2.05) is 0 Å². The van der Waals surface area contributed by atoms with Gasteiger partial charge in [-0.25, -0.2) is 0 Å². The van der Waals surface area contributed by atoms with E-state index in [0.29, 0.717) is 6.04 Å². The lowest BCUT2D eigenvalue weighted by Crippen LogP contribution is -2.63. The average molecular weight is 197 g/mol. The number of rotatable bonds is 2. The Bertz CT molecular complexity index is 206. The van der Waals surface area contributed by atoms with E-state index in [1.54, 1.807) is 0 Å². The highest BCUT2D eigenvalue weighted by atomic mass is 16.5. The summed E-state index contributed by atoms with van der Waals surface area (Å²) in [6, 6.07) is 0.683. The van der Waals surface area contributed by atoms with Crippen LogP contribution in [0.1, 0.15) is 34.1 Å². The maximum Gasteiger partial charge on any atom is 0.0938 e. The molecule has 2 aliphatic rings. The molecule has 0 aromatic rings. The fourth-order valence-electron chi connectivity index (χ4n) is 2.59. The highest BCUT2D eigenvalue weighted by Crippen LogP contribution is 2.40. The molecule has 2 aliphatic heterocycles. The van der Waals surface area contributed by atoms with Gasteiger partial charge >= 0.3 is 0 Å². The minimum Gasteiger partial charge on any atom is -0.372 e. The number of likely N-dealkylation sites (tertiary alicyclic amines) is 1. The van der Waals surface area contributed by atoms with Gasteiger partial charge in [-0.05, 0) is 32.1 Å². The van der Waals surface area contributed by atoms with Gasteiger partial charge in [-0.2, -0.15) is 0 Å². The molecule has 1 unspecified atom stereocenters. The molecule has 0 saturated carbocycles. The average Bonchev–Trinajstić information content (AvgIpc) is 2.44. The summed E-state index contributed by atoms with van der Waals surface area (Å²) in [7, 11) is 0. The van der Waals surface area contributed by atoms with E-state index in [0.717, 1.165) is 31.5 Å². The van der Waals surface area contributed by atoms with Gasteiger partial charge in [-0.1, -0.05) is 13.8 Å². The Hall–Kier alpha value is -0.0800. The minimum absolute atomic E-state index is 0.249. The highest BCUT2D eigenvalue weighted by molar-refractivity contribution is 5.03. The maximum atomic E-state index is 5.99. The van der Waals surface area contributed by atoms with E-state index in [9.17, 15) is 0 Å². The molecule has 1 atom stereocenters. The SMILES string of the molecule is CC(C)C1COC2(C1)CN(C(C)C)C2. The molecule has 1 spiro atoms. The molecule has 0 radical (unpaired) electrons. The molecule has 0 amide bonds. The third kappa shape index (κ3) is 1.70. The van der Waals surface area contributed by atoms with Crippen molar-refractivity contribution in [1.82, 2.24) is 4.90 Å². The number of hydrogen-bond donors (Lipinski definition) is 0. The normalized spacial score (nSPS) is 31.7. The summed E-state index contributed by atoms with van der Waals surface area (Å²) in [6.07, 6.45) is 1.29. The zero-order valence-electron chi connectivity index (χ0n) is 9.92. The van der Waals surface area contributed by atoms with Gasteiger partial charge in [-0.15, -0.1) is 0 Å². The first-order valence-electron chi connectivity index (χ1n) is 5.90. The summed E-state index contributed by atoms with van der Waals surface area (Å²) in [4.78, 5) is 2.50. The van der Waals surface area contributed by atoms with Crippen LogP contribution in [0.15, 0.2) is 0 Å². The van der Waals surface area contributed by atoms with Crippen LogP contribution in [-0.4, -0.2) is 36.2 Å². The predicted molar refractivity (Wildman–Crippen MR) is 58.3 cm³/mol. The van der Waals surface area contributed by atoms with Crippen LogP contribution in [0.3, 0.4) is 0 Å². The van der Waals surface area contributed by atoms with Crippen molar-refractivity contribution in [3.8, 4) is 0 Å². The Morgan fingerprint density at radius 3 is 2.29 bits per heavy atom. The molecule has 2 rings (SSSR count). The molecule has 0 aromatic carbocycles. The first kappa shape index (κ1) is 10.4. The van der Waals surface area contributed by atoms with Crippen LogP contribution in [-0.2, 0) is 4.74 Å². The fraction of sp³-hybridized carbons (Fsp3) is 1.00. The van der Waals surface area contributed by atoms with Crippen molar-refractivity contribution in [3.63, 3.8) is 0 Å². The summed E-state index contributed by atoms with van der Waals surface area (Å²) in [5.74, 6) is 1.58. The second-order valence-corrected chi connectivity index (χ2v) is 5.70. The van der Waals surface area contributed by atoms with Crippen LogP contribution in [0, 0.1) is 11.8 Å². The van der Waals surface area contributed by atoms with Crippen LogP contribution in [0.4, 0.5) is 0 Å². The van der Waals surface area contributed by atoms with Crippen LogP contribution >= 0.6 is 0 Å². The van der Waals surface area contributed by atoms with Crippen LogP contribution in [0.2, 0.25) is 0 Å². The molecular weight excluding hydrogens is 174 g/mol. The number of nitrogens with zero attached hydrogens (tertiary/aromatic N) is 1. The molecule has 14 heavy (non-hydrogen) atoms. The molecule has 0 bridgehead atoms. The lowest BCUT2D eigenvalue weighted by molar-refractivity contribution is -0.121. The van der Waals surface area contributed by atoms with Gasteiger partial charge in [0, 0.05) is 19.1 Å². The number of hydrogen-bond acceptors (Lipinski definition) is 2. The summed E-state index contributed by atoms with van der Waals surface area (Å²) in [5, 5.41) is 0. The third-order valence-corrected chi connectivity index (χ3v) is 3.89. The highest BCUT2D eigenvalue weighted by Gasteiger charge is 2.50. The zero-order chi connectivity index (χ0) is 10.3. The Labute approximate surface area is 87.6 Å². The predicted octanol–water partition coefficient (Wildman–Crippen LogP) is 2.14. The van der Waals surface area contributed by atoms with Crippen molar-refractivity contribution in [1.29, 1.82) is 0 Å². The van der Waals surface area contributed by atoms with E-state index in [1.165, 1.54) is 6.42 Å². The van der Waals surface area contributed by atoms with Crippen LogP contribution in [0.25, 0.3) is 0 Å². The molecule has 2 heteroatoms. The Morgan fingerprint density at radius 2 is 1.86 bits per heavy atom. The van der Waals surface area contributed by atoms with E-state index < -0.39 is 0 Å². The van der Waals surface area contributed by atoms with E-state index >= 15 is 0 Å². The standard InChI is InChI=1S/C12H23NO/c1-9(2)11-5-12(14-6-11)7-13(8-12)10(3)4/h9-11H,5-8H2,1-4H3. The van der Waals surface area contributed by atoms with Crippen LogP contribution < -0.4 is 0 Å². The van der Waals surface area contributed by atoms with Crippen molar-refractivity contribution in [2.24, 2.45) is 11.8 Å². The Balaban J connectivity index is 1.86. The summed E-state index contributed by atoms with van der Waals surface area (Å²) in [5.41, 5.74) is 0.249. The van der Waals surface area contributed by atoms with Crippen molar-refractivity contribution < 1.29 is 4.74 Å². The van der Waals surface area contributed by atoms with Crippen molar-refractivity contribution >= 4 is 0 Å². The van der Waals surface area contributed by atoms with Gasteiger partial charge in [0.15, 0.2) is 0 Å². The zero-order valence-corrected chi connectivity index (χ0v) is 9.92. The first-order chi connectivity index (χ1) is 6.52. The van der Waals surface area contributed by atoms with Gasteiger partial charge in [-0.3, -0.25) is 4.90 Å². The quantitative estimate of drug-likeness (QED) is 0.672. The second kappa shape index (κ2) is 3.49. The fourth-order valence-corrected chi connectivity index (χ4v) is 2.59. The van der Waals surface area contributed by atoms with E-state index in [-0.39, 0.29) is 5.60 Å². The van der Waals surface area contributed by atoms with Crippen molar-refractivity contribution in [2.45, 2.75) is 45.8 Å². The Kier molecular flexibility index (Phi) is 2.61. The summed E-state index contributed by atoms with van der Waals surface area (Å²) in [6.45, 7) is 12.5. The Morgan fingerprint density at radius 1 is 1.21 bits per heavy atom. The lowest BCUT2D eigenvalue weighted by Gasteiger charge is -2.49. The van der Waals surface area contributed by atoms with Gasteiger partial charge in [0.1, 0.15) is 0 Å². The maximum absolute atomic E-state index is 5.99. The topological polar surface area (TPSA) is 12.5 Å². The van der Waals surface area contributed by atoms with Gasteiger partial charge in [0.05, 0.1) is 12.2 Å². The largest absolute Gasteiger partial charge is 0.372 e. The molecule has 82 valence electrons. The minimum atomic E-state index is 0.249. The van der Waals surface area contributed by atoms with Crippen molar-refractivity contribution in [3.05, 3.63) is 0 Å². The van der Waals surface area contributed by atoms with Gasteiger partial charge < -0.3 is 4.74 Å². The van der Waals surface area contributed by atoms with Crippen LogP contribution in [0.5, 0.6) is 0 Å². The van der Waals surface area contributed by atoms with E-state index in [2.05, 4.69) is 32.6 Å². The molecule has 2 saturated heterocycles. The molecular formula is C12H23NO. The lowest BCUT2D eigenvalue weighted by atomic mass is 9.82. The molecule has 0 aliphatic carbocycles. The van der Waals surface area contributed by atoms with Gasteiger partial charge in [0.25, 0.3) is 0 Å².